The minimum atomic E-state index is -4.31. The summed E-state index contributed by atoms with van der Waals surface area (Å²) in [7, 11) is 0. The van der Waals surface area contributed by atoms with Crippen LogP contribution in [0.4, 0.5) is 13.2 Å². The Balaban J connectivity index is 2.53. The number of rotatable bonds is 2. The van der Waals surface area contributed by atoms with E-state index in [1.54, 1.807) is 18.3 Å². The lowest BCUT2D eigenvalue weighted by Gasteiger charge is -2.14. The molecule has 1 atom stereocenters. The van der Waals surface area contributed by atoms with Crippen LogP contribution in [0.5, 0.6) is 0 Å². The van der Waals surface area contributed by atoms with Crippen molar-refractivity contribution < 1.29 is 13.2 Å². The fourth-order valence-corrected chi connectivity index (χ4v) is 0.847. The number of H-pyrrole nitrogens is 1. The van der Waals surface area contributed by atoms with Gasteiger partial charge in [-0.25, -0.2) is 0 Å². The molecule has 0 fully saturated rings. The van der Waals surface area contributed by atoms with Crippen molar-refractivity contribution in [2.75, 3.05) is 0 Å². The van der Waals surface area contributed by atoms with Crippen molar-refractivity contribution in [1.82, 2.24) is 4.98 Å². The van der Waals surface area contributed by atoms with E-state index in [0.29, 0.717) is 5.69 Å². The molecule has 1 aromatic heterocycles. The standard InChI is InChI=1S/C7H9F3N2/c8-7(9,10)6(11)4-5-2-1-3-12-5/h1-3,6,12H,4,11H2. The zero-order chi connectivity index (χ0) is 9.19. The van der Waals surface area contributed by atoms with Crippen LogP contribution in [-0.4, -0.2) is 17.2 Å². The lowest BCUT2D eigenvalue weighted by atomic mass is 10.2. The van der Waals surface area contributed by atoms with Crippen LogP contribution in [0.3, 0.4) is 0 Å². The fraction of sp³-hybridized carbons (Fsp3) is 0.429. The van der Waals surface area contributed by atoms with E-state index in [1.807, 2.05) is 0 Å². The highest BCUT2D eigenvalue weighted by molar-refractivity contribution is 5.05. The van der Waals surface area contributed by atoms with Crippen LogP contribution >= 0.6 is 0 Å². The highest BCUT2D eigenvalue weighted by Crippen LogP contribution is 2.20. The molecule has 1 unspecified atom stereocenters. The average Bonchev–Trinajstić information content (AvgIpc) is 2.37. The maximum absolute atomic E-state index is 11.9. The summed E-state index contributed by atoms with van der Waals surface area (Å²) in [5.74, 6) is 0. The van der Waals surface area contributed by atoms with Crippen LogP contribution in [0.15, 0.2) is 18.3 Å². The van der Waals surface area contributed by atoms with Gasteiger partial charge in [-0.3, -0.25) is 0 Å². The molecule has 2 nitrogen and oxygen atoms in total. The van der Waals surface area contributed by atoms with E-state index >= 15 is 0 Å². The van der Waals surface area contributed by atoms with E-state index in [4.69, 9.17) is 5.73 Å². The Labute approximate surface area is 67.6 Å². The van der Waals surface area contributed by atoms with Gasteiger partial charge in [-0.1, -0.05) is 0 Å². The normalized spacial score (nSPS) is 14.7. The Morgan fingerprint density at radius 3 is 2.58 bits per heavy atom. The quantitative estimate of drug-likeness (QED) is 0.707. The number of hydrogen-bond acceptors (Lipinski definition) is 1. The molecule has 0 amide bonds. The molecule has 0 bridgehead atoms. The lowest BCUT2D eigenvalue weighted by Crippen LogP contribution is -2.39. The Hall–Kier alpha value is -0.970. The van der Waals surface area contributed by atoms with Crippen LogP contribution in [-0.2, 0) is 6.42 Å². The summed E-state index contributed by atoms with van der Waals surface area (Å²) in [6, 6.07) is 1.43. The molecule has 1 aromatic rings. The maximum Gasteiger partial charge on any atom is 0.404 e. The third kappa shape index (κ3) is 2.27. The molecule has 1 heterocycles. The van der Waals surface area contributed by atoms with Gasteiger partial charge in [0.2, 0.25) is 0 Å². The van der Waals surface area contributed by atoms with Crippen LogP contribution in [0.25, 0.3) is 0 Å². The topological polar surface area (TPSA) is 41.8 Å². The van der Waals surface area contributed by atoms with Crippen molar-refractivity contribution in [3.8, 4) is 0 Å². The number of nitrogens with two attached hydrogens (primary N) is 1. The molecular formula is C7H9F3N2. The fourth-order valence-electron chi connectivity index (χ4n) is 0.847. The van der Waals surface area contributed by atoms with E-state index in [-0.39, 0.29) is 6.42 Å². The SMILES string of the molecule is NC(Cc1ccc[nH]1)C(F)(F)F. The molecule has 0 spiro atoms. The van der Waals surface area contributed by atoms with E-state index in [2.05, 4.69) is 4.98 Å². The molecule has 0 aliphatic heterocycles. The van der Waals surface area contributed by atoms with Gasteiger partial charge in [-0.15, -0.1) is 0 Å². The van der Waals surface area contributed by atoms with Gasteiger partial charge in [0.1, 0.15) is 6.04 Å². The minimum Gasteiger partial charge on any atom is -0.365 e. The van der Waals surface area contributed by atoms with Gasteiger partial charge < -0.3 is 10.7 Å². The van der Waals surface area contributed by atoms with Crippen molar-refractivity contribution in [2.45, 2.75) is 18.6 Å². The summed E-state index contributed by atoms with van der Waals surface area (Å²) in [4.78, 5) is 2.66. The molecule has 0 radical (unpaired) electrons. The summed E-state index contributed by atoms with van der Waals surface area (Å²) in [5.41, 5.74) is 5.40. The van der Waals surface area contributed by atoms with Crippen molar-refractivity contribution in [3.63, 3.8) is 0 Å². The number of nitrogens with one attached hydrogen (secondary N) is 1. The number of aromatic amines is 1. The van der Waals surface area contributed by atoms with Crippen LogP contribution in [0, 0.1) is 0 Å². The van der Waals surface area contributed by atoms with Gasteiger partial charge in [-0.2, -0.15) is 13.2 Å². The van der Waals surface area contributed by atoms with Gasteiger partial charge in [0.25, 0.3) is 0 Å². The van der Waals surface area contributed by atoms with Crippen molar-refractivity contribution in [1.29, 1.82) is 0 Å². The molecule has 0 aromatic carbocycles. The molecule has 3 N–H and O–H groups in total. The first-order valence-corrected chi connectivity index (χ1v) is 3.44. The van der Waals surface area contributed by atoms with Crippen molar-refractivity contribution in [2.24, 2.45) is 5.73 Å². The first kappa shape index (κ1) is 9.12. The summed E-state index contributed by atoms with van der Waals surface area (Å²) in [6.45, 7) is 0. The Bertz CT molecular complexity index is 227. The highest BCUT2D eigenvalue weighted by atomic mass is 19.4. The van der Waals surface area contributed by atoms with Gasteiger partial charge in [0, 0.05) is 18.3 Å². The average molecular weight is 178 g/mol. The first-order valence-electron chi connectivity index (χ1n) is 3.44. The molecule has 0 saturated carbocycles. The zero-order valence-corrected chi connectivity index (χ0v) is 6.23. The second kappa shape index (κ2) is 3.18. The highest BCUT2D eigenvalue weighted by Gasteiger charge is 2.36. The molecular weight excluding hydrogens is 169 g/mol. The molecule has 0 saturated heterocycles. The Morgan fingerprint density at radius 1 is 1.50 bits per heavy atom. The second-order valence-electron chi connectivity index (χ2n) is 2.55. The smallest absolute Gasteiger partial charge is 0.365 e. The maximum atomic E-state index is 11.9. The number of halogens is 3. The molecule has 0 aliphatic carbocycles. The third-order valence-electron chi connectivity index (χ3n) is 1.52. The molecule has 12 heavy (non-hydrogen) atoms. The first-order chi connectivity index (χ1) is 5.50. The molecule has 0 aliphatic rings. The molecule has 1 rings (SSSR count). The monoisotopic (exact) mass is 178 g/mol. The van der Waals surface area contributed by atoms with E-state index in [1.165, 1.54) is 0 Å². The predicted octanol–water partition coefficient (Wildman–Crippen LogP) is 1.45. The lowest BCUT2D eigenvalue weighted by molar-refractivity contribution is -0.147. The Morgan fingerprint density at radius 2 is 2.17 bits per heavy atom. The minimum absolute atomic E-state index is 0.198. The zero-order valence-electron chi connectivity index (χ0n) is 6.23. The van der Waals surface area contributed by atoms with Crippen LogP contribution < -0.4 is 5.73 Å². The third-order valence-corrected chi connectivity index (χ3v) is 1.52. The second-order valence-corrected chi connectivity index (χ2v) is 2.55. The van der Waals surface area contributed by atoms with E-state index < -0.39 is 12.2 Å². The predicted molar refractivity (Wildman–Crippen MR) is 38.5 cm³/mol. The summed E-state index contributed by atoms with van der Waals surface area (Å²) < 4.78 is 35.7. The Kier molecular flexibility index (Phi) is 2.42. The number of aromatic nitrogens is 1. The summed E-state index contributed by atoms with van der Waals surface area (Å²) in [6.07, 6.45) is -2.94. The summed E-state index contributed by atoms with van der Waals surface area (Å²) >= 11 is 0. The van der Waals surface area contributed by atoms with Crippen LogP contribution in [0.2, 0.25) is 0 Å². The van der Waals surface area contributed by atoms with E-state index in [0.717, 1.165) is 0 Å². The van der Waals surface area contributed by atoms with Gasteiger partial charge >= 0.3 is 6.18 Å². The number of hydrogen-bond donors (Lipinski definition) is 2. The van der Waals surface area contributed by atoms with Gasteiger partial charge in [-0.05, 0) is 12.1 Å². The van der Waals surface area contributed by atoms with Crippen LogP contribution in [0.1, 0.15) is 5.69 Å². The van der Waals surface area contributed by atoms with Crippen molar-refractivity contribution in [3.05, 3.63) is 24.0 Å². The molecule has 68 valence electrons. The van der Waals surface area contributed by atoms with Gasteiger partial charge in [0.05, 0.1) is 0 Å². The largest absolute Gasteiger partial charge is 0.404 e. The number of alkyl halides is 3. The van der Waals surface area contributed by atoms with Gasteiger partial charge in [0.15, 0.2) is 0 Å². The molecule has 5 heteroatoms. The van der Waals surface area contributed by atoms with Crippen molar-refractivity contribution >= 4 is 0 Å². The summed E-state index contributed by atoms with van der Waals surface area (Å²) in [5, 5.41) is 0. The van der Waals surface area contributed by atoms with E-state index in [9.17, 15) is 13.2 Å².